The Morgan fingerprint density at radius 3 is 2.17 bits per heavy atom. The van der Waals surface area contributed by atoms with Gasteiger partial charge in [0.2, 0.25) is 11.8 Å². The van der Waals surface area contributed by atoms with E-state index in [2.05, 4.69) is 5.32 Å². The molecule has 2 amide bonds. The molecule has 1 fully saturated rings. The quantitative estimate of drug-likeness (QED) is 0.185. The van der Waals surface area contributed by atoms with Crippen molar-refractivity contribution in [1.29, 1.82) is 0 Å². The topological polar surface area (TPSA) is 96.0 Å². The third-order valence-corrected chi connectivity index (χ3v) is 10.6. The Balaban J connectivity index is 1.59. The van der Waals surface area contributed by atoms with Crippen molar-refractivity contribution in [3.05, 3.63) is 125 Å². The molecule has 47 heavy (non-hydrogen) atoms. The number of ether oxygens (including phenoxy) is 1. The van der Waals surface area contributed by atoms with Gasteiger partial charge in [0.1, 0.15) is 18.3 Å². The van der Waals surface area contributed by atoms with Crippen LogP contribution in [-0.2, 0) is 32.6 Å². The molecule has 1 saturated carbocycles. The molecule has 4 aromatic carbocycles. The molecule has 9 heteroatoms. The number of carbonyl (C=O) groups is 2. The van der Waals surface area contributed by atoms with E-state index in [4.69, 9.17) is 4.74 Å². The van der Waals surface area contributed by atoms with E-state index in [-0.39, 0.29) is 35.5 Å². The van der Waals surface area contributed by atoms with Gasteiger partial charge in [-0.15, -0.1) is 0 Å². The maximum atomic E-state index is 14.7. The van der Waals surface area contributed by atoms with E-state index < -0.39 is 28.5 Å². The molecule has 246 valence electrons. The molecular formula is C38H43N3O5S. The van der Waals surface area contributed by atoms with Crippen molar-refractivity contribution >= 4 is 27.5 Å². The number of nitrogens with one attached hydrogen (secondary N) is 1. The summed E-state index contributed by atoms with van der Waals surface area (Å²) in [7, 11) is -2.77. The molecule has 0 radical (unpaired) electrons. The Morgan fingerprint density at radius 2 is 1.49 bits per heavy atom. The Hall–Kier alpha value is -4.63. The second-order valence-corrected chi connectivity index (χ2v) is 14.0. The summed E-state index contributed by atoms with van der Waals surface area (Å²) in [6.45, 7) is 3.44. The molecule has 1 atom stereocenters. The van der Waals surface area contributed by atoms with Gasteiger partial charge in [-0.3, -0.25) is 13.9 Å². The number of anilines is 1. The first-order valence-electron chi connectivity index (χ1n) is 16.1. The highest BCUT2D eigenvalue weighted by Gasteiger charge is 2.36. The summed E-state index contributed by atoms with van der Waals surface area (Å²) >= 11 is 0. The van der Waals surface area contributed by atoms with E-state index in [0.717, 1.165) is 52.2 Å². The van der Waals surface area contributed by atoms with Crippen LogP contribution < -0.4 is 14.4 Å². The van der Waals surface area contributed by atoms with Crippen molar-refractivity contribution in [2.75, 3.05) is 18.0 Å². The second kappa shape index (κ2) is 15.3. The Bertz CT molecular complexity index is 1770. The predicted molar refractivity (Wildman–Crippen MR) is 185 cm³/mol. The largest absolute Gasteiger partial charge is 0.495 e. The molecule has 0 unspecified atom stereocenters. The third kappa shape index (κ3) is 8.21. The zero-order chi connectivity index (χ0) is 33.4. The van der Waals surface area contributed by atoms with Gasteiger partial charge < -0.3 is 15.0 Å². The molecule has 5 rings (SSSR count). The SMILES string of the molecule is COc1ccccc1N(CC(=O)N(Cc1ccccc1C)[C@H](Cc1ccccc1)C(=O)NC1CCCC1)S(=O)(=O)c1ccc(C)cc1. The number of benzene rings is 4. The minimum atomic E-state index is -4.23. The second-order valence-electron chi connectivity index (χ2n) is 12.1. The van der Waals surface area contributed by atoms with Crippen LogP contribution in [0.5, 0.6) is 5.75 Å². The molecule has 0 aromatic heterocycles. The number of sulfonamides is 1. The summed E-state index contributed by atoms with van der Waals surface area (Å²) in [5, 5.41) is 3.21. The van der Waals surface area contributed by atoms with Crippen molar-refractivity contribution in [2.24, 2.45) is 0 Å². The van der Waals surface area contributed by atoms with Gasteiger partial charge in [0.25, 0.3) is 10.0 Å². The van der Waals surface area contributed by atoms with E-state index in [9.17, 15) is 18.0 Å². The van der Waals surface area contributed by atoms with Crippen LogP contribution in [0, 0.1) is 13.8 Å². The predicted octanol–water partition coefficient (Wildman–Crippen LogP) is 6.21. The van der Waals surface area contributed by atoms with Crippen LogP contribution in [0.2, 0.25) is 0 Å². The Labute approximate surface area is 278 Å². The summed E-state index contributed by atoms with van der Waals surface area (Å²) in [6, 6.07) is 29.8. The maximum absolute atomic E-state index is 14.7. The number of nitrogens with zero attached hydrogens (tertiary/aromatic N) is 2. The number of hydrogen-bond donors (Lipinski definition) is 1. The van der Waals surface area contributed by atoms with E-state index in [0.29, 0.717) is 5.75 Å². The first kappa shape index (κ1) is 33.7. The molecule has 0 heterocycles. The van der Waals surface area contributed by atoms with Gasteiger partial charge in [0.15, 0.2) is 0 Å². The normalized spacial score (nSPS) is 13.9. The third-order valence-electron chi connectivity index (χ3n) is 8.82. The highest BCUT2D eigenvalue weighted by atomic mass is 32.2. The molecule has 1 N–H and O–H groups in total. The van der Waals surface area contributed by atoms with Gasteiger partial charge in [-0.1, -0.05) is 97.3 Å². The average Bonchev–Trinajstić information content (AvgIpc) is 3.59. The summed E-state index contributed by atoms with van der Waals surface area (Å²) in [5.41, 5.74) is 3.88. The minimum Gasteiger partial charge on any atom is -0.495 e. The van der Waals surface area contributed by atoms with Crippen LogP contribution in [0.25, 0.3) is 0 Å². The highest BCUT2D eigenvalue weighted by Crippen LogP contribution is 2.33. The van der Waals surface area contributed by atoms with Gasteiger partial charge in [-0.25, -0.2) is 8.42 Å². The highest BCUT2D eigenvalue weighted by molar-refractivity contribution is 7.92. The van der Waals surface area contributed by atoms with Crippen LogP contribution in [0.3, 0.4) is 0 Å². The van der Waals surface area contributed by atoms with Gasteiger partial charge in [0, 0.05) is 19.0 Å². The van der Waals surface area contributed by atoms with Crippen LogP contribution in [-0.4, -0.2) is 50.9 Å². The minimum absolute atomic E-state index is 0.0446. The molecular weight excluding hydrogens is 611 g/mol. The molecule has 1 aliphatic rings. The molecule has 1 aliphatic carbocycles. The Kier molecular flexibility index (Phi) is 11.0. The van der Waals surface area contributed by atoms with Crippen molar-refractivity contribution in [3.8, 4) is 5.75 Å². The lowest BCUT2D eigenvalue weighted by molar-refractivity contribution is -0.140. The summed E-state index contributed by atoms with van der Waals surface area (Å²) in [5.74, 6) is -0.438. The van der Waals surface area contributed by atoms with Gasteiger partial charge in [-0.05, 0) is 67.6 Å². The fraction of sp³-hybridized carbons (Fsp3) is 0.316. The van der Waals surface area contributed by atoms with Crippen molar-refractivity contribution in [2.45, 2.75) is 69.5 Å². The molecule has 0 aliphatic heterocycles. The Morgan fingerprint density at radius 1 is 0.851 bits per heavy atom. The molecule has 4 aromatic rings. The number of para-hydroxylation sites is 2. The molecule has 0 spiro atoms. The summed E-state index contributed by atoms with van der Waals surface area (Å²) < 4.78 is 35.3. The first-order chi connectivity index (χ1) is 22.7. The van der Waals surface area contributed by atoms with Gasteiger partial charge >= 0.3 is 0 Å². The van der Waals surface area contributed by atoms with E-state index >= 15 is 0 Å². The van der Waals surface area contributed by atoms with Crippen molar-refractivity contribution in [1.82, 2.24) is 10.2 Å². The summed E-state index contributed by atoms with van der Waals surface area (Å²) in [6.07, 6.45) is 4.16. The fourth-order valence-electron chi connectivity index (χ4n) is 6.08. The number of aryl methyl sites for hydroxylation is 2. The van der Waals surface area contributed by atoms with Crippen LogP contribution >= 0.6 is 0 Å². The fourth-order valence-corrected chi connectivity index (χ4v) is 7.50. The van der Waals surface area contributed by atoms with E-state index in [1.54, 1.807) is 41.3 Å². The summed E-state index contributed by atoms with van der Waals surface area (Å²) in [4.78, 5) is 30.5. The molecule has 0 saturated heterocycles. The lowest BCUT2D eigenvalue weighted by atomic mass is 10.0. The van der Waals surface area contributed by atoms with Crippen LogP contribution in [0.15, 0.2) is 108 Å². The van der Waals surface area contributed by atoms with Crippen molar-refractivity contribution < 1.29 is 22.7 Å². The van der Waals surface area contributed by atoms with E-state index in [1.807, 2.05) is 68.4 Å². The van der Waals surface area contributed by atoms with Crippen LogP contribution in [0.4, 0.5) is 5.69 Å². The standard InChI is InChI=1S/C38H43N3O5S/c1-28-21-23-33(24-22-28)47(44,45)41(34-19-11-12-20-36(34)46-3)27-37(42)40(26-31-16-8-7-13-29(31)2)35(25-30-14-5-4-6-15-30)38(43)39-32-17-9-10-18-32/h4-8,11-16,19-24,32,35H,9-10,17-18,25-27H2,1-3H3,(H,39,43)/t35-/m1/s1. The average molecular weight is 654 g/mol. The van der Waals surface area contributed by atoms with Gasteiger partial charge in [0.05, 0.1) is 17.7 Å². The zero-order valence-electron chi connectivity index (χ0n) is 27.3. The number of carbonyl (C=O) groups excluding carboxylic acids is 2. The number of hydrogen-bond acceptors (Lipinski definition) is 5. The molecule has 0 bridgehead atoms. The van der Waals surface area contributed by atoms with E-state index in [1.165, 1.54) is 19.2 Å². The monoisotopic (exact) mass is 653 g/mol. The lowest BCUT2D eigenvalue weighted by Crippen LogP contribution is -2.54. The van der Waals surface area contributed by atoms with Crippen LogP contribution in [0.1, 0.15) is 47.9 Å². The van der Waals surface area contributed by atoms with Crippen molar-refractivity contribution in [3.63, 3.8) is 0 Å². The van der Waals surface area contributed by atoms with Gasteiger partial charge in [-0.2, -0.15) is 0 Å². The number of rotatable bonds is 13. The number of amides is 2. The first-order valence-corrected chi connectivity index (χ1v) is 17.5. The number of methoxy groups -OCH3 is 1. The smallest absolute Gasteiger partial charge is 0.264 e. The lowest BCUT2D eigenvalue weighted by Gasteiger charge is -2.35. The zero-order valence-corrected chi connectivity index (χ0v) is 28.1. The maximum Gasteiger partial charge on any atom is 0.264 e. The molecule has 8 nitrogen and oxygen atoms in total.